The highest BCUT2D eigenvalue weighted by Gasteiger charge is 2.13. The molecule has 3 nitrogen and oxygen atoms in total. The maximum atomic E-state index is 10.3. The molecule has 0 saturated carbocycles. The van der Waals surface area contributed by atoms with Gasteiger partial charge in [-0.1, -0.05) is 145 Å². The number of anilines is 6. The molecule has 0 spiro atoms. The average molecular weight is 720 g/mol. The fraction of sp³-hybridized carbons (Fsp3) is 0.0377. The molecule has 0 saturated heterocycles. The van der Waals surface area contributed by atoms with Crippen molar-refractivity contribution in [1.29, 1.82) is 5.26 Å². The van der Waals surface area contributed by atoms with Crippen LogP contribution in [0.15, 0.2) is 188 Å². The predicted octanol–water partition coefficient (Wildman–Crippen LogP) is 14.6. The third-order valence-electron chi connectivity index (χ3n) is 10.0. The van der Waals surface area contributed by atoms with E-state index in [2.05, 4.69) is 218 Å². The molecule has 268 valence electrons. The fourth-order valence-electron chi connectivity index (χ4n) is 7.02. The molecule has 0 N–H and O–H groups in total. The zero-order valence-corrected chi connectivity index (χ0v) is 31.5. The van der Waals surface area contributed by atoms with Gasteiger partial charge in [-0.3, -0.25) is 0 Å². The van der Waals surface area contributed by atoms with Crippen molar-refractivity contribution in [2.24, 2.45) is 0 Å². The minimum absolute atomic E-state index is 0.674. The Morgan fingerprint density at radius 1 is 0.393 bits per heavy atom. The largest absolute Gasteiger partial charge is 0.311 e. The van der Waals surface area contributed by atoms with Gasteiger partial charge in [0.25, 0.3) is 0 Å². The molecule has 0 aliphatic carbocycles. The summed E-state index contributed by atoms with van der Waals surface area (Å²) in [5.74, 6) is 0. The monoisotopic (exact) mass is 719 g/mol. The molecule has 0 amide bonds. The second kappa shape index (κ2) is 16.3. The number of nitriles is 1. The lowest BCUT2D eigenvalue weighted by atomic mass is 9.97. The van der Waals surface area contributed by atoms with Crippen molar-refractivity contribution >= 4 is 69.2 Å². The Kier molecular flexibility index (Phi) is 10.4. The molecule has 8 rings (SSSR count). The highest BCUT2D eigenvalue weighted by Crippen LogP contribution is 2.36. The van der Waals surface area contributed by atoms with E-state index in [1.54, 1.807) is 0 Å². The van der Waals surface area contributed by atoms with E-state index in [0.717, 1.165) is 67.2 Å². The molecule has 0 radical (unpaired) electrons. The Morgan fingerprint density at radius 2 is 0.786 bits per heavy atom. The molecule has 3 heteroatoms. The normalized spacial score (nSPS) is 11.2. The van der Waals surface area contributed by atoms with Crippen molar-refractivity contribution in [1.82, 2.24) is 0 Å². The first-order chi connectivity index (χ1) is 27.5. The number of hydrogen-bond donors (Lipinski definition) is 0. The molecule has 0 aliphatic rings. The van der Waals surface area contributed by atoms with Crippen LogP contribution in [0, 0.1) is 25.2 Å². The summed E-state index contributed by atoms with van der Waals surface area (Å²) in [6.07, 6.45) is 8.38. The summed E-state index contributed by atoms with van der Waals surface area (Å²) in [5.41, 5.74) is 13.9. The lowest BCUT2D eigenvalue weighted by Crippen LogP contribution is -2.09. The molecule has 0 atom stereocenters. The SMILES string of the molecule is Cc1ccc(N(c2ccccc2)c2ccc(/C=C\c3ccc4c(C#N)c(/C=C\c5ccc(N(c6ccccc6)c6ccc(C)cc6)cc5)ccc4c3)cc2)cc1. The molecule has 0 unspecified atom stereocenters. The predicted molar refractivity (Wildman–Crippen MR) is 238 cm³/mol. The molecule has 0 aliphatic heterocycles. The summed E-state index contributed by atoms with van der Waals surface area (Å²) in [6.45, 7) is 4.22. The maximum Gasteiger partial charge on any atom is 0.100 e. The number of benzene rings is 8. The first kappa shape index (κ1) is 35.6. The summed E-state index contributed by atoms with van der Waals surface area (Å²) < 4.78 is 0. The van der Waals surface area contributed by atoms with Gasteiger partial charge < -0.3 is 9.80 Å². The molecular formula is C53H41N3. The second-order valence-electron chi connectivity index (χ2n) is 14.0. The molecule has 56 heavy (non-hydrogen) atoms. The van der Waals surface area contributed by atoms with Crippen LogP contribution in [0.2, 0.25) is 0 Å². The summed E-state index contributed by atoms with van der Waals surface area (Å²) in [6, 6.07) is 68.2. The first-order valence-corrected chi connectivity index (χ1v) is 18.9. The van der Waals surface area contributed by atoms with Crippen molar-refractivity contribution in [2.75, 3.05) is 9.80 Å². The van der Waals surface area contributed by atoms with E-state index in [1.165, 1.54) is 11.1 Å². The van der Waals surface area contributed by atoms with Crippen molar-refractivity contribution in [2.45, 2.75) is 13.8 Å². The minimum Gasteiger partial charge on any atom is -0.311 e. The highest BCUT2D eigenvalue weighted by atomic mass is 15.1. The van der Waals surface area contributed by atoms with Crippen LogP contribution >= 0.6 is 0 Å². The number of para-hydroxylation sites is 2. The highest BCUT2D eigenvalue weighted by molar-refractivity contribution is 5.94. The Labute approximate surface area is 330 Å². The average Bonchev–Trinajstić information content (AvgIpc) is 3.25. The third-order valence-corrected chi connectivity index (χ3v) is 10.0. The number of nitrogens with zero attached hydrogens (tertiary/aromatic N) is 3. The zero-order chi connectivity index (χ0) is 38.3. The molecule has 0 heterocycles. The minimum atomic E-state index is 0.674. The standard InChI is InChI=1S/C53H41N3/c1-39-13-28-48(29-14-39)55(46-9-5-3-6-10-46)50-32-20-41(21-33-50)17-18-43-24-36-52-45(37-43)27-26-44(53(52)38-54)25-19-42-22-34-51(35-23-42)56(47-11-7-4-8-12-47)49-30-15-40(2)16-31-49/h3-37H,1-2H3/b18-17-,25-19-. The van der Waals surface area contributed by atoms with E-state index in [9.17, 15) is 5.26 Å². The second-order valence-corrected chi connectivity index (χ2v) is 14.0. The van der Waals surface area contributed by atoms with Crippen LogP contribution in [-0.4, -0.2) is 0 Å². The van der Waals surface area contributed by atoms with Gasteiger partial charge in [0.2, 0.25) is 0 Å². The third kappa shape index (κ3) is 7.92. The first-order valence-electron chi connectivity index (χ1n) is 18.9. The Morgan fingerprint density at radius 3 is 1.25 bits per heavy atom. The van der Waals surface area contributed by atoms with E-state index in [4.69, 9.17) is 0 Å². The number of rotatable bonds is 10. The lowest BCUT2D eigenvalue weighted by molar-refractivity contribution is 1.27. The summed E-state index contributed by atoms with van der Waals surface area (Å²) in [5, 5.41) is 12.3. The van der Waals surface area contributed by atoms with Gasteiger partial charge in [0.05, 0.1) is 5.56 Å². The van der Waals surface area contributed by atoms with E-state index in [0.29, 0.717) is 5.56 Å². The number of hydrogen-bond acceptors (Lipinski definition) is 3. The van der Waals surface area contributed by atoms with E-state index < -0.39 is 0 Å². The molecule has 8 aromatic rings. The van der Waals surface area contributed by atoms with Gasteiger partial charge in [0.1, 0.15) is 6.07 Å². The van der Waals surface area contributed by atoms with Gasteiger partial charge in [-0.15, -0.1) is 0 Å². The topological polar surface area (TPSA) is 30.3 Å². The molecule has 8 aromatic carbocycles. The van der Waals surface area contributed by atoms with E-state index in [1.807, 2.05) is 24.3 Å². The van der Waals surface area contributed by atoms with Gasteiger partial charge in [-0.05, 0) is 120 Å². The zero-order valence-electron chi connectivity index (χ0n) is 31.5. The van der Waals surface area contributed by atoms with Crippen LogP contribution in [-0.2, 0) is 0 Å². The lowest BCUT2D eigenvalue weighted by Gasteiger charge is -2.25. The van der Waals surface area contributed by atoms with Gasteiger partial charge in [-0.25, -0.2) is 0 Å². The van der Waals surface area contributed by atoms with Crippen LogP contribution in [0.3, 0.4) is 0 Å². The van der Waals surface area contributed by atoms with Crippen molar-refractivity contribution in [3.63, 3.8) is 0 Å². The van der Waals surface area contributed by atoms with Crippen LogP contribution < -0.4 is 9.80 Å². The molecule has 0 fully saturated rings. The fourth-order valence-corrected chi connectivity index (χ4v) is 7.02. The molecule has 0 bridgehead atoms. The maximum absolute atomic E-state index is 10.3. The number of aryl methyl sites for hydroxylation is 2. The van der Waals surface area contributed by atoms with Gasteiger partial charge >= 0.3 is 0 Å². The molecule has 0 aromatic heterocycles. The van der Waals surface area contributed by atoms with E-state index in [-0.39, 0.29) is 0 Å². The quantitative estimate of drug-likeness (QED) is 0.132. The summed E-state index contributed by atoms with van der Waals surface area (Å²) in [4.78, 5) is 4.53. The summed E-state index contributed by atoms with van der Waals surface area (Å²) in [7, 11) is 0. The van der Waals surface area contributed by atoms with Gasteiger partial charge in [0.15, 0.2) is 0 Å². The van der Waals surface area contributed by atoms with Crippen LogP contribution in [0.25, 0.3) is 35.1 Å². The van der Waals surface area contributed by atoms with Crippen molar-refractivity contribution in [3.8, 4) is 6.07 Å². The Hall–Kier alpha value is -7.41. The number of fused-ring (bicyclic) bond motifs is 1. The van der Waals surface area contributed by atoms with Crippen LogP contribution in [0.4, 0.5) is 34.1 Å². The van der Waals surface area contributed by atoms with Gasteiger partial charge in [-0.2, -0.15) is 5.26 Å². The Bertz CT molecular complexity index is 2670. The van der Waals surface area contributed by atoms with Crippen molar-refractivity contribution in [3.05, 3.63) is 227 Å². The van der Waals surface area contributed by atoms with Gasteiger partial charge in [0, 0.05) is 39.5 Å². The Balaban J connectivity index is 0.993. The molecular weight excluding hydrogens is 679 g/mol. The smallest absolute Gasteiger partial charge is 0.100 e. The van der Waals surface area contributed by atoms with Crippen LogP contribution in [0.1, 0.15) is 38.9 Å². The van der Waals surface area contributed by atoms with Crippen LogP contribution in [0.5, 0.6) is 0 Å². The van der Waals surface area contributed by atoms with Crippen molar-refractivity contribution < 1.29 is 0 Å². The summed E-state index contributed by atoms with van der Waals surface area (Å²) >= 11 is 0. The van der Waals surface area contributed by atoms with E-state index >= 15 is 0 Å².